The normalized spacial score (nSPS) is 26.6. The van der Waals surface area contributed by atoms with E-state index in [0.29, 0.717) is 5.41 Å². The van der Waals surface area contributed by atoms with E-state index in [4.69, 9.17) is 0 Å². The lowest BCUT2D eigenvalue weighted by atomic mass is 9.74. The molecule has 2 rings (SSSR count). The summed E-state index contributed by atoms with van der Waals surface area (Å²) in [4.78, 5) is 4.85. The van der Waals surface area contributed by atoms with Crippen LogP contribution in [0.3, 0.4) is 0 Å². The van der Waals surface area contributed by atoms with Gasteiger partial charge in [-0.05, 0) is 31.3 Å². The molecular formula is C16H33N3O. The van der Waals surface area contributed by atoms with Crippen molar-refractivity contribution in [2.75, 3.05) is 52.4 Å². The summed E-state index contributed by atoms with van der Waals surface area (Å²) in [7, 11) is 0. The number of hydrogen-bond donors (Lipinski definition) is 2. The molecule has 2 aliphatic rings. The molecule has 0 bridgehead atoms. The predicted octanol–water partition coefficient (Wildman–Crippen LogP) is 1.15. The van der Waals surface area contributed by atoms with Crippen LogP contribution in [0.25, 0.3) is 0 Å². The fraction of sp³-hybridized carbons (Fsp3) is 1.00. The Hall–Kier alpha value is -0.160. The van der Waals surface area contributed by atoms with E-state index in [1.54, 1.807) is 0 Å². The molecule has 2 fully saturated rings. The fourth-order valence-electron chi connectivity index (χ4n) is 3.71. The lowest BCUT2D eigenvalue weighted by molar-refractivity contribution is 0.0355. The molecule has 2 saturated heterocycles. The van der Waals surface area contributed by atoms with Gasteiger partial charge in [-0.25, -0.2) is 0 Å². The number of hydrogen-bond acceptors (Lipinski definition) is 4. The third-order valence-corrected chi connectivity index (χ3v) is 5.56. The molecule has 0 aliphatic carbocycles. The van der Waals surface area contributed by atoms with Gasteiger partial charge < -0.3 is 15.3 Å². The maximum atomic E-state index is 10.3. The number of β-amino-alcohol motifs (C(OH)–C–C–N with tert-alkyl or cyclic N) is 1. The van der Waals surface area contributed by atoms with E-state index in [9.17, 15) is 5.11 Å². The molecular weight excluding hydrogens is 250 g/mol. The van der Waals surface area contributed by atoms with Crippen molar-refractivity contribution < 1.29 is 5.11 Å². The molecule has 0 radical (unpaired) electrons. The number of likely N-dealkylation sites (tertiary alicyclic amines) is 1. The Morgan fingerprint density at radius 1 is 0.950 bits per heavy atom. The second-order valence-electron chi connectivity index (χ2n) is 6.71. The van der Waals surface area contributed by atoms with Gasteiger partial charge >= 0.3 is 0 Å². The fourth-order valence-corrected chi connectivity index (χ4v) is 3.71. The Balaban J connectivity index is 1.69. The average molecular weight is 283 g/mol. The van der Waals surface area contributed by atoms with Crippen LogP contribution in [0.15, 0.2) is 0 Å². The number of rotatable bonds is 6. The van der Waals surface area contributed by atoms with Gasteiger partial charge in [-0.15, -0.1) is 0 Å². The van der Waals surface area contributed by atoms with Crippen molar-refractivity contribution in [3.8, 4) is 0 Å². The maximum absolute atomic E-state index is 10.3. The minimum absolute atomic E-state index is 0.191. The Morgan fingerprint density at radius 2 is 1.45 bits per heavy atom. The van der Waals surface area contributed by atoms with Crippen molar-refractivity contribution in [3.05, 3.63) is 0 Å². The molecule has 0 aromatic carbocycles. The zero-order chi connectivity index (χ0) is 14.4. The van der Waals surface area contributed by atoms with Crippen molar-refractivity contribution in [3.63, 3.8) is 0 Å². The highest BCUT2D eigenvalue weighted by Crippen LogP contribution is 2.37. The molecule has 2 heterocycles. The molecule has 0 aromatic rings. The Labute approximate surface area is 124 Å². The molecule has 20 heavy (non-hydrogen) atoms. The summed E-state index contributed by atoms with van der Waals surface area (Å²) in [5.41, 5.74) is 0.583. The number of aliphatic hydroxyl groups excluding tert-OH is 1. The topological polar surface area (TPSA) is 38.7 Å². The molecule has 0 amide bonds. The molecule has 4 nitrogen and oxygen atoms in total. The first-order chi connectivity index (χ1) is 9.67. The first-order valence-corrected chi connectivity index (χ1v) is 8.51. The number of nitrogens with zero attached hydrogens (tertiary/aromatic N) is 2. The zero-order valence-corrected chi connectivity index (χ0v) is 13.4. The maximum Gasteiger partial charge on any atom is 0.0793 e. The monoisotopic (exact) mass is 283 g/mol. The van der Waals surface area contributed by atoms with Gasteiger partial charge in [-0.3, -0.25) is 4.90 Å². The van der Waals surface area contributed by atoms with E-state index < -0.39 is 0 Å². The number of nitrogens with one attached hydrogen (secondary N) is 1. The quantitative estimate of drug-likeness (QED) is 0.767. The second-order valence-corrected chi connectivity index (χ2v) is 6.71. The van der Waals surface area contributed by atoms with Crippen molar-refractivity contribution in [2.24, 2.45) is 5.41 Å². The summed E-state index contributed by atoms with van der Waals surface area (Å²) in [6, 6.07) is 0. The van der Waals surface area contributed by atoms with Crippen LogP contribution in [0.1, 0.15) is 39.5 Å². The molecule has 4 heteroatoms. The van der Waals surface area contributed by atoms with Gasteiger partial charge in [-0.1, -0.05) is 26.7 Å². The van der Waals surface area contributed by atoms with Crippen LogP contribution in [-0.4, -0.2) is 73.4 Å². The van der Waals surface area contributed by atoms with Crippen molar-refractivity contribution in [1.29, 1.82) is 0 Å². The van der Waals surface area contributed by atoms with E-state index in [0.717, 1.165) is 39.3 Å². The number of piperazine rings is 1. The number of aliphatic hydroxyl groups is 1. The van der Waals surface area contributed by atoms with Gasteiger partial charge in [0.05, 0.1) is 6.10 Å². The molecule has 2 N–H and O–H groups in total. The SMILES string of the molecule is CCC1(CC)CCN(CC(O)CN2CCNCC2)CC1. The highest BCUT2D eigenvalue weighted by Gasteiger charge is 2.31. The molecule has 1 unspecified atom stereocenters. The van der Waals surface area contributed by atoms with E-state index in [1.165, 1.54) is 38.8 Å². The predicted molar refractivity (Wildman–Crippen MR) is 84.0 cm³/mol. The second kappa shape index (κ2) is 7.74. The van der Waals surface area contributed by atoms with Crippen LogP contribution in [0.4, 0.5) is 0 Å². The van der Waals surface area contributed by atoms with E-state index in [1.807, 2.05) is 0 Å². The van der Waals surface area contributed by atoms with Crippen LogP contribution < -0.4 is 5.32 Å². The summed E-state index contributed by atoms with van der Waals surface area (Å²) in [6.45, 7) is 13.0. The highest BCUT2D eigenvalue weighted by atomic mass is 16.3. The van der Waals surface area contributed by atoms with Crippen molar-refractivity contribution in [2.45, 2.75) is 45.6 Å². The van der Waals surface area contributed by atoms with E-state index in [-0.39, 0.29) is 6.10 Å². The molecule has 2 aliphatic heterocycles. The van der Waals surface area contributed by atoms with Crippen LogP contribution in [0.5, 0.6) is 0 Å². The first kappa shape index (κ1) is 16.2. The van der Waals surface area contributed by atoms with Gasteiger partial charge in [0.25, 0.3) is 0 Å². The summed E-state index contributed by atoms with van der Waals surface area (Å²) in [5, 5.41) is 13.7. The molecule has 118 valence electrons. The molecule has 0 saturated carbocycles. The van der Waals surface area contributed by atoms with Crippen LogP contribution >= 0.6 is 0 Å². The minimum atomic E-state index is -0.191. The Morgan fingerprint density at radius 3 is 1.95 bits per heavy atom. The van der Waals surface area contributed by atoms with Gasteiger partial charge in [0.1, 0.15) is 0 Å². The van der Waals surface area contributed by atoms with Crippen LogP contribution in [0.2, 0.25) is 0 Å². The smallest absolute Gasteiger partial charge is 0.0793 e. The van der Waals surface area contributed by atoms with Crippen molar-refractivity contribution in [1.82, 2.24) is 15.1 Å². The largest absolute Gasteiger partial charge is 0.390 e. The standard InChI is InChI=1S/C16H33N3O/c1-3-16(4-2)5-9-18(10-6-16)13-15(20)14-19-11-7-17-8-12-19/h15,17,20H,3-14H2,1-2H3. The summed E-state index contributed by atoms with van der Waals surface area (Å²) < 4.78 is 0. The zero-order valence-electron chi connectivity index (χ0n) is 13.4. The summed E-state index contributed by atoms with van der Waals surface area (Å²) in [5.74, 6) is 0. The minimum Gasteiger partial charge on any atom is -0.390 e. The van der Waals surface area contributed by atoms with Crippen LogP contribution in [0, 0.1) is 5.41 Å². The van der Waals surface area contributed by atoms with E-state index >= 15 is 0 Å². The third kappa shape index (κ3) is 4.42. The van der Waals surface area contributed by atoms with Gasteiger partial charge in [-0.2, -0.15) is 0 Å². The van der Waals surface area contributed by atoms with E-state index in [2.05, 4.69) is 29.0 Å². The molecule has 0 spiro atoms. The average Bonchev–Trinajstić information content (AvgIpc) is 2.49. The van der Waals surface area contributed by atoms with Gasteiger partial charge in [0.15, 0.2) is 0 Å². The lowest BCUT2D eigenvalue weighted by Gasteiger charge is -2.42. The third-order valence-electron chi connectivity index (χ3n) is 5.56. The first-order valence-electron chi connectivity index (χ1n) is 8.51. The Bertz CT molecular complexity index is 265. The molecule has 1 atom stereocenters. The number of piperidine rings is 1. The molecule has 0 aromatic heterocycles. The lowest BCUT2D eigenvalue weighted by Crippen LogP contribution is -2.49. The highest BCUT2D eigenvalue weighted by molar-refractivity contribution is 4.85. The summed E-state index contributed by atoms with van der Waals surface area (Å²) >= 11 is 0. The van der Waals surface area contributed by atoms with Crippen molar-refractivity contribution >= 4 is 0 Å². The van der Waals surface area contributed by atoms with Gasteiger partial charge in [0, 0.05) is 39.3 Å². The van der Waals surface area contributed by atoms with Crippen LogP contribution in [-0.2, 0) is 0 Å². The summed E-state index contributed by atoms with van der Waals surface area (Å²) in [6.07, 6.45) is 5.03. The Kier molecular flexibility index (Phi) is 6.27. The van der Waals surface area contributed by atoms with Gasteiger partial charge in [0.2, 0.25) is 0 Å².